The van der Waals surface area contributed by atoms with Gasteiger partial charge in [0.15, 0.2) is 0 Å². The first kappa shape index (κ1) is 11.1. The normalized spacial score (nSPS) is 27.3. The molecule has 2 heterocycles. The van der Waals surface area contributed by atoms with Crippen LogP contribution < -0.4 is 4.90 Å². The first-order valence-electron chi connectivity index (χ1n) is 6.20. The van der Waals surface area contributed by atoms with Crippen LogP contribution in [0.25, 0.3) is 0 Å². The van der Waals surface area contributed by atoms with Gasteiger partial charge in [-0.1, -0.05) is 0 Å². The van der Waals surface area contributed by atoms with Crippen LogP contribution in [0.5, 0.6) is 0 Å². The van der Waals surface area contributed by atoms with Crippen LogP contribution in [0.3, 0.4) is 0 Å². The van der Waals surface area contributed by atoms with E-state index >= 15 is 0 Å². The maximum absolute atomic E-state index is 12.5. The second kappa shape index (κ2) is 3.77. The van der Waals surface area contributed by atoms with Gasteiger partial charge < -0.3 is 0 Å². The fraction of sp³-hybridized carbons (Fsp3) is 0.538. The molecule has 1 atom stereocenters. The Morgan fingerprint density at radius 1 is 1.56 bits per heavy atom. The van der Waals surface area contributed by atoms with Gasteiger partial charge in [0.25, 0.3) is 0 Å². The maximum atomic E-state index is 12.5. The molecule has 0 aromatic carbocycles. The summed E-state index contributed by atoms with van der Waals surface area (Å²) < 4.78 is 0. The van der Waals surface area contributed by atoms with E-state index in [0.29, 0.717) is 24.6 Å². The van der Waals surface area contributed by atoms with Gasteiger partial charge in [-0.2, -0.15) is 5.26 Å². The van der Waals surface area contributed by atoms with Gasteiger partial charge in [-0.15, -0.1) is 0 Å². The van der Waals surface area contributed by atoms with E-state index in [1.54, 1.807) is 24.1 Å². The van der Waals surface area contributed by atoms with Crippen LogP contribution in [0.4, 0.5) is 5.82 Å². The standard InChI is InChI=1S/C13H14N4O/c1-9-15-6-4-11(16-9)17-7-5-13(8-14,12(17)18)10-2-3-10/h4,6,10H,2-3,5,7H2,1H3/t13-/m1/s1. The average Bonchev–Trinajstić information content (AvgIpc) is 3.15. The van der Waals surface area contributed by atoms with E-state index < -0.39 is 5.41 Å². The van der Waals surface area contributed by atoms with Crippen molar-refractivity contribution in [2.45, 2.75) is 26.2 Å². The number of aryl methyl sites for hydroxylation is 1. The van der Waals surface area contributed by atoms with E-state index in [9.17, 15) is 10.1 Å². The molecule has 0 radical (unpaired) electrons. The van der Waals surface area contributed by atoms with Crippen molar-refractivity contribution in [2.75, 3.05) is 11.4 Å². The number of anilines is 1. The number of hydrogen-bond acceptors (Lipinski definition) is 4. The van der Waals surface area contributed by atoms with Gasteiger partial charge >= 0.3 is 0 Å². The van der Waals surface area contributed by atoms with Crippen molar-refractivity contribution in [3.8, 4) is 6.07 Å². The van der Waals surface area contributed by atoms with Crippen molar-refractivity contribution < 1.29 is 4.79 Å². The number of nitriles is 1. The summed E-state index contributed by atoms with van der Waals surface area (Å²) >= 11 is 0. The minimum absolute atomic E-state index is 0.0781. The Bertz CT molecular complexity index is 546. The van der Waals surface area contributed by atoms with Crippen LogP contribution in [0, 0.1) is 29.6 Å². The third kappa shape index (κ3) is 1.49. The second-order valence-electron chi connectivity index (χ2n) is 5.03. The first-order valence-corrected chi connectivity index (χ1v) is 6.20. The minimum Gasteiger partial charge on any atom is -0.295 e. The molecule has 0 spiro atoms. The summed E-state index contributed by atoms with van der Waals surface area (Å²) in [6, 6.07) is 4.00. The number of hydrogen-bond donors (Lipinski definition) is 0. The Balaban J connectivity index is 1.93. The average molecular weight is 242 g/mol. The zero-order valence-corrected chi connectivity index (χ0v) is 10.3. The van der Waals surface area contributed by atoms with Crippen molar-refractivity contribution in [1.82, 2.24) is 9.97 Å². The van der Waals surface area contributed by atoms with Crippen LogP contribution in [0.2, 0.25) is 0 Å². The molecule has 5 nitrogen and oxygen atoms in total. The van der Waals surface area contributed by atoms with Crippen molar-refractivity contribution >= 4 is 11.7 Å². The molecule has 0 bridgehead atoms. The summed E-state index contributed by atoms with van der Waals surface area (Å²) in [5.41, 5.74) is -0.793. The lowest BCUT2D eigenvalue weighted by atomic mass is 9.83. The highest BCUT2D eigenvalue weighted by Crippen LogP contribution is 2.51. The third-order valence-electron chi connectivity index (χ3n) is 3.87. The Morgan fingerprint density at radius 2 is 2.33 bits per heavy atom. The summed E-state index contributed by atoms with van der Waals surface area (Å²) in [5.74, 6) is 1.43. The highest BCUT2D eigenvalue weighted by Gasteiger charge is 2.56. The maximum Gasteiger partial charge on any atom is 0.248 e. The number of amides is 1. The molecule has 1 aliphatic carbocycles. The van der Waals surface area contributed by atoms with Gasteiger partial charge in [-0.25, -0.2) is 9.97 Å². The number of carbonyl (C=O) groups is 1. The van der Waals surface area contributed by atoms with Gasteiger partial charge in [0.1, 0.15) is 17.1 Å². The fourth-order valence-electron chi connectivity index (χ4n) is 2.70. The topological polar surface area (TPSA) is 69.9 Å². The molecule has 1 amide bonds. The van der Waals surface area contributed by atoms with E-state index in [-0.39, 0.29) is 11.8 Å². The Kier molecular flexibility index (Phi) is 2.34. The molecule has 18 heavy (non-hydrogen) atoms. The molecule has 1 saturated heterocycles. The molecule has 1 aromatic heterocycles. The fourth-order valence-corrected chi connectivity index (χ4v) is 2.70. The number of nitrogens with zero attached hydrogens (tertiary/aromatic N) is 4. The van der Waals surface area contributed by atoms with Crippen molar-refractivity contribution in [1.29, 1.82) is 5.26 Å². The van der Waals surface area contributed by atoms with Crippen molar-refractivity contribution in [3.63, 3.8) is 0 Å². The van der Waals surface area contributed by atoms with Crippen LogP contribution in [0.15, 0.2) is 12.3 Å². The lowest BCUT2D eigenvalue weighted by Crippen LogP contribution is -2.35. The van der Waals surface area contributed by atoms with Gasteiger partial charge in [0.2, 0.25) is 5.91 Å². The zero-order valence-electron chi connectivity index (χ0n) is 10.3. The summed E-state index contributed by atoms with van der Waals surface area (Å²) in [4.78, 5) is 22.4. The summed E-state index contributed by atoms with van der Waals surface area (Å²) in [7, 11) is 0. The van der Waals surface area contributed by atoms with E-state index in [1.807, 2.05) is 0 Å². The van der Waals surface area contributed by atoms with Gasteiger partial charge in [-0.3, -0.25) is 9.69 Å². The first-order chi connectivity index (χ1) is 8.67. The lowest BCUT2D eigenvalue weighted by molar-refractivity contribution is -0.123. The smallest absolute Gasteiger partial charge is 0.248 e. The Hall–Kier alpha value is -1.96. The quantitative estimate of drug-likeness (QED) is 0.786. The Labute approximate surface area is 105 Å². The number of aromatic nitrogens is 2. The molecule has 1 saturated carbocycles. The van der Waals surface area contributed by atoms with Crippen LogP contribution >= 0.6 is 0 Å². The molecule has 2 fully saturated rings. The van der Waals surface area contributed by atoms with Gasteiger partial charge in [-0.05, 0) is 38.2 Å². The summed E-state index contributed by atoms with van der Waals surface area (Å²) in [6.07, 6.45) is 4.26. The molecule has 3 rings (SSSR count). The Morgan fingerprint density at radius 3 is 2.94 bits per heavy atom. The number of rotatable bonds is 2. The monoisotopic (exact) mass is 242 g/mol. The highest BCUT2D eigenvalue weighted by atomic mass is 16.2. The van der Waals surface area contributed by atoms with E-state index in [0.717, 1.165) is 12.8 Å². The SMILES string of the molecule is Cc1nccc(N2CC[C@@](C#N)(C3CC3)C2=O)n1. The second-order valence-corrected chi connectivity index (χ2v) is 5.03. The third-order valence-corrected chi connectivity index (χ3v) is 3.87. The number of carbonyl (C=O) groups excluding carboxylic acids is 1. The van der Waals surface area contributed by atoms with Crippen LogP contribution in [-0.4, -0.2) is 22.4 Å². The largest absolute Gasteiger partial charge is 0.295 e. The van der Waals surface area contributed by atoms with E-state index in [4.69, 9.17) is 0 Å². The molecule has 0 unspecified atom stereocenters. The van der Waals surface area contributed by atoms with Crippen LogP contribution in [-0.2, 0) is 4.79 Å². The molecular formula is C13H14N4O. The highest BCUT2D eigenvalue weighted by molar-refractivity contribution is 6.01. The molecule has 1 aliphatic heterocycles. The summed E-state index contributed by atoms with van der Waals surface area (Å²) in [6.45, 7) is 2.38. The molecule has 5 heteroatoms. The van der Waals surface area contributed by atoms with Gasteiger partial charge in [0.05, 0.1) is 6.07 Å². The minimum atomic E-state index is -0.793. The van der Waals surface area contributed by atoms with Crippen LogP contribution in [0.1, 0.15) is 25.1 Å². The summed E-state index contributed by atoms with van der Waals surface area (Å²) in [5, 5.41) is 9.39. The predicted molar refractivity (Wildman–Crippen MR) is 64.5 cm³/mol. The van der Waals surface area contributed by atoms with Crippen molar-refractivity contribution in [2.24, 2.45) is 11.3 Å². The molecule has 92 valence electrons. The molecular weight excluding hydrogens is 228 g/mol. The van der Waals surface area contributed by atoms with Crippen molar-refractivity contribution in [3.05, 3.63) is 18.1 Å². The molecule has 0 N–H and O–H groups in total. The lowest BCUT2D eigenvalue weighted by Gasteiger charge is -2.20. The van der Waals surface area contributed by atoms with E-state index in [1.165, 1.54) is 0 Å². The van der Waals surface area contributed by atoms with Gasteiger partial charge in [0, 0.05) is 12.7 Å². The van der Waals surface area contributed by atoms with E-state index in [2.05, 4.69) is 16.0 Å². The molecule has 2 aliphatic rings. The molecule has 1 aromatic rings. The predicted octanol–water partition coefficient (Wildman–Crippen LogP) is 1.44. The zero-order chi connectivity index (χ0) is 12.8.